The number of nitrogens with one attached hydrogen (secondary N) is 3. The Kier molecular flexibility index (Phi) is 5.45. The second-order valence-corrected chi connectivity index (χ2v) is 8.03. The molecule has 0 saturated heterocycles. The number of ether oxygens (including phenoxy) is 1. The number of aromatic amines is 1. The summed E-state index contributed by atoms with van der Waals surface area (Å²) < 4.78 is 69.1. The van der Waals surface area contributed by atoms with Crippen LogP contribution < -0.4 is 14.8 Å². The summed E-state index contributed by atoms with van der Waals surface area (Å²) in [4.78, 5) is 7.83. The van der Waals surface area contributed by atoms with Gasteiger partial charge in [0.15, 0.2) is 12.3 Å². The average Bonchev–Trinajstić information content (AvgIpc) is 3.02. The first-order chi connectivity index (χ1) is 13.1. The first-order valence-corrected chi connectivity index (χ1v) is 9.77. The van der Waals surface area contributed by atoms with Gasteiger partial charge in [0.25, 0.3) is 0 Å². The molecular weight excluding hydrogens is 469 g/mol. The Morgan fingerprint density at radius 3 is 2.71 bits per heavy atom. The lowest BCUT2D eigenvalue weighted by Gasteiger charge is -2.16. The second-order valence-electron chi connectivity index (χ2n) is 5.35. The summed E-state index contributed by atoms with van der Waals surface area (Å²) in [5.41, 5.74) is 0.259. The molecule has 9 nitrogen and oxygen atoms in total. The van der Waals surface area contributed by atoms with Gasteiger partial charge in [-0.15, -0.1) is 0 Å². The van der Waals surface area contributed by atoms with Crippen molar-refractivity contribution in [2.45, 2.75) is 11.1 Å². The highest BCUT2D eigenvalue weighted by Gasteiger charge is 2.29. The largest absolute Gasteiger partial charge is 0.482 e. The van der Waals surface area contributed by atoms with E-state index in [9.17, 15) is 21.6 Å². The van der Waals surface area contributed by atoms with Crippen molar-refractivity contribution in [3.8, 4) is 5.75 Å². The van der Waals surface area contributed by atoms with Crippen molar-refractivity contribution in [2.75, 3.05) is 19.0 Å². The Hall–Kier alpha value is -2.45. The first kappa shape index (κ1) is 20.3. The minimum absolute atomic E-state index is 0.0336. The topological polar surface area (TPSA) is 122 Å². The van der Waals surface area contributed by atoms with E-state index in [4.69, 9.17) is 4.74 Å². The van der Waals surface area contributed by atoms with Gasteiger partial charge < -0.3 is 10.1 Å². The molecule has 3 aromatic rings. The van der Waals surface area contributed by atoms with Crippen LogP contribution in [0, 0.1) is 0 Å². The number of fused-ring (bicyclic) bond motifs is 1. The van der Waals surface area contributed by atoms with Crippen LogP contribution in [0.5, 0.6) is 5.75 Å². The van der Waals surface area contributed by atoms with Gasteiger partial charge in [-0.2, -0.15) is 18.3 Å². The minimum Gasteiger partial charge on any atom is -0.482 e. The van der Waals surface area contributed by atoms with Crippen LogP contribution in [0.25, 0.3) is 11.0 Å². The number of hydrogen-bond acceptors (Lipinski definition) is 7. The van der Waals surface area contributed by atoms with Crippen LogP contribution >= 0.6 is 15.9 Å². The van der Waals surface area contributed by atoms with Crippen LogP contribution in [0.2, 0.25) is 0 Å². The highest BCUT2D eigenvalue weighted by molar-refractivity contribution is 9.10. The lowest BCUT2D eigenvalue weighted by molar-refractivity contribution is -0.153. The van der Waals surface area contributed by atoms with Crippen molar-refractivity contribution in [1.29, 1.82) is 0 Å². The van der Waals surface area contributed by atoms with E-state index in [1.807, 2.05) is 0 Å². The van der Waals surface area contributed by atoms with E-state index in [1.165, 1.54) is 13.4 Å². The van der Waals surface area contributed by atoms with E-state index in [0.29, 0.717) is 15.6 Å². The van der Waals surface area contributed by atoms with Crippen molar-refractivity contribution >= 4 is 48.5 Å². The van der Waals surface area contributed by atoms with Gasteiger partial charge in [-0.1, -0.05) is 0 Å². The van der Waals surface area contributed by atoms with Crippen LogP contribution in [-0.2, 0) is 10.0 Å². The van der Waals surface area contributed by atoms with Crippen molar-refractivity contribution < 1.29 is 26.3 Å². The zero-order valence-electron chi connectivity index (χ0n) is 14.0. The van der Waals surface area contributed by atoms with Gasteiger partial charge in [0.1, 0.15) is 22.5 Å². The zero-order valence-corrected chi connectivity index (χ0v) is 16.4. The first-order valence-electron chi connectivity index (χ1n) is 7.49. The Balaban J connectivity index is 2.07. The predicted molar refractivity (Wildman–Crippen MR) is 96.9 cm³/mol. The fraction of sp³-hybridized carbons (Fsp3) is 0.214. The zero-order chi connectivity index (χ0) is 20.5. The van der Waals surface area contributed by atoms with Gasteiger partial charge in [-0.05, 0) is 41.2 Å². The molecule has 14 heteroatoms. The fourth-order valence-electron chi connectivity index (χ4n) is 2.22. The lowest BCUT2D eigenvalue weighted by Crippen LogP contribution is -2.20. The smallest absolute Gasteiger partial charge is 0.422 e. The van der Waals surface area contributed by atoms with Gasteiger partial charge in [-0.25, -0.2) is 23.1 Å². The maximum absolute atomic E-state index is 12.6. The van der Waals surface area contributed by atoms with E-state index >= 15 is 0 Å². The third-order valence-electron chi connectivity index (χ3n) is 3.48. The van der Waals surface area contributed by atoms with E-state index in [-0.39, 0.29) is 22.2 Å². The van der Waals surface area contributed by atoms with Crippen LogP contribution in [0.3, 0.4) is 0 Å². The van der Waals surface area contributed by atoms with E-state index in [1.54, 1.807) is 0 Å². The van der Waals surface area contributed by atoms with E-state index < -0.39 is 22.8 Å². The monoisotopic (exact) mass is 480 g/mol. The molecule has 0 fully saturated rings. The van der Waals surface area contributed by atoms with Gasteiger partial charge in [0.05, 0.1) is 16.0 Å². The third kappa shape index (κ3) is 4.34. The molecule has 0 aliphatic carbocycles. The molecule has 0 unspecified atom stereocenters. The summed E-state index contributed by atoms with van der Waals surface area (Å²) in [7, 11) is -2.63. The lowest BCUT2D eigenvalue weighted by atomic mass is 10.2. The number of anilines is 2. The number of aromatic nitrogens is 4. The molecule has 2 heterocycles. The van der Waals surface area contributed by atoms with Crippen molar-refractivity contribution in [3.63, 3.8) is 0 Å². The van der Waals surface area contributed by atoms with E-state index in [0.717, 1.165) is 18.2 Å². The number of halogens is 4. The fourth-order valence-corrected chi connectivity index (χ4v) is 3.43. The van der Waals surface area contributed by atoms with Crippen molar-refractivity contribution in [3.05, 3.63) is 29.1 Å². The molecule has 0 spiro atoms. The highest BCUT2D eigenvalue weighted by Crippen LogP contribution is 2.34. The second kappa shape index (κ2) is 7.52. The van der Waals surface area contributed by atoms with Gasteiger partial charge in [0, 0.05) is 0 Å². The van der Waals surface area contributed by atoms with Crippen molar-refractivity contribution in [1.82, 2.24) is 24.9 Å². The maximum atomic E-state index is 12.6. The minimum atomic E-state index is -4.57. The number of sulfonamides is 1. The summed E-state index contributed by atoms with van der Waals surface area (Å²) in [6, 6.07) is 3.40. The van der Waals surface area contributed by atoms with Gasteiger partial charge in [-0.3, -0.25) is 5.10 Å². The molecule has 0 atom stereocenters. The highest BCUT2D eigenvalue weighted by atomic mass is 79.9. The Labute approximate surface area is 164 Å². The normalized spacial score (nSPS) is 12.3. The molecule has 0 saturated carbocycles. The molecule has 28 heavy (non-hydrogen) atoms. The van der Waals surface area contributed by atoms with Crippen LogP contribution in [0.15, 0.2) is 34.0 Å². The van der Waals surface area contributed by atoms with Crippen LogP contribution in [0.4, 0.5) is 24.7 Å². The summed E-state index contributed by atoms with van der Waals surface area (Å²) in [5.74, 6) is -0.0275. The number of alkyl halides is 3. The molecule has 3 N–H and O–H groups in total. The molecule has 0 aliphatic heterocycles. The standard InChI is InChI=1S/C14H12BrF3N6O3S/c1-19-28(25,26)7-2-3-9(27-5-14(16,17)18)8(4-7)22-12-10-11(15)23-24-13(10)21-6-20-12/h2-4,6,19H,5H2,1H3,(H2,20,21,22,23,24). The van der Waals surface area contributed by atoms with Gasteiger partial charge >= 0.3 is 6.18 Å². The summed E-state index contributed by atoms with van der Waals surface area (Å²) >= 11 is 3.24. The molecular formula is C14H12BrF3N6O3S. The van der Waals surface area contributed by atoms with Crippen molar-refractivity contribution in [2.24, 2.45) is 0 Å². The summed E-state index contributed by atoms with van der Waals surface area (Å²) in [5, 5.41) is 9.79. The van der Waals surface area contributed by atoms with Crippen LogP contribution in [-0.4, -0.2) is 48.4 Å². The molecule has 150 valence electrons. The Bertz CT molecular complexity index is 1120. The SMILES string of the molecule is CNS(=O)(=O)c1ccc(OCC(F)(F)F)c(Nc2ncnc3n[nH]c(Br)c23)c1. The molecule has 0 amide bonds. The van der Waals surface area contributed by atoms with Crippen LogP contribution in [0.1, 0.15) is 0 Å². The number of benzene rings is 1. The number of H-pyrrole nitrogens is 1. The molecule has 0 radical (unpaired) electrons. The third-order valence-corrected chi connectivity index (χ3v) is 5.47. The predicted octanol–water partition coefficient (Wildman–Crippen LogP) is 2.71. The summed E-state index contributed by atoms with van der Waals surface area (Å²) in [6.07, 6.45) is -3.37. The molecule has 3 rings (SSSR count). The molecule has 0 bridgehead atoms. The number of rotatable bonds is 6. The Morgan fingerprint density at radius 2 is 2.04 bits per heavy atom. The average molecular weight is 481 g/mol. The Morgan fingerprint density at radius 1 is 1.29 bits per heavy atom. The maximum Gasteiger partial charge on any atom is 0.422 e. The molecule has 1 aromatic carbocycles. The number of hydrogen-bond donors (Lipinski definition) is 3. The molecule has 0 aliphatic rings. The quantitative estimate of drug-likeness (QED) is 0.495. The number of nitrogens with zero attached hydrogens (tertiary/aromatic N) is 3. The molecule has 2 aromatic heterocycles. The van der Waals surface area contributed by atoms with E-state index in [2.05, 4.69) is 46.1 Å². The van der Waals surface area contributed by atoms with Gasteiger partial charge in [0.2, 0.25) is 10.0 Å². The summed E-state index contributed by atoms with van der Waals surface area (Å²) in [6.45, 7) is -1.55.